The van der Waals surface area contributed by atoms with Gasteiger partial charge in [0, 0.05) is 6.42 Å². The first-order valence-corrected chi connectivity index (χ1v) is 13.6. The minimum Gasteiger partial charge on any atom is -0.465 e. The molecule has 0 radical (unpaired) electrons. The Bertz CT molecular complexity index is 1050. The Hall–Kier alpha value is -2.71. The highest BCUT2D eigenvalue weighted by atomic mass is 127. The Morgan fingerprint density at radius 3 is 2.11 bits per heavy atom. The fraction of sp³-hybridized carbons (Fsp3) is 0.640. The molecule has 0 saturated carbocycles. The van der Waals surface area contributed by atoms with Crippen LogP contribution in [0.5, 0.6) is 0 Å². The second kappa shape index (κ2) is 14.4. The third-order valence-corrected chi connectivity index (χ3v) is 5.86. The number of hydrogen-bond acceptors (Lipinski definition) is 10. The van der Waals surface area contributed by atoms with E-state index in [1.165, 1.54) is 12.3 Å². The van der Waals surface area contributed by atoms with Crippen molar-refractivity contribution < 1.29 is 33.0 Å². The summed E-state index contributed by atoms with van der Waals surface area (Å²) in [5.41, 5.74) is -3.10. The van der Waals surface area contributed by atoms with Crippen LogP contribution in [0.3, 0.4) is 0 Å². The average Bonchev–Trinajstić information content (AvgIpc) is 3.31. The van der Waals surface area contributed by atoms with Gasteiger partial charge >= 0.3 is 17.9 Å². The third-order valence-electron chi connectivity index (χ3n) is 5.29. The minimum absolute atomic E-state index is 0.0520. The number of carbonyl (C=O) groups excluding carboxylic acids is 3. The van der Waals surface area contributed by atoms with E-state index in [0.29, 0.717) is 16.5 Å². The Morgan fingerprint density at radius 1 is 1.00 bits per heavy atom. The lowest BCUT2D eigenvalue weighted by Gasteiger charge is -2.29. The zero-order chi connectivity index (χ0) is 28.3. The summed E-state index contributed by atoms with van der Waals surface area (Å²) in [6, 6.07) is 3.01. The van der Waals surface area contributed by atoms with E-state index < -0.39 is 48.1 Å². The summed E-state index contributed by atoms with van der Waals surface area (Å²) in [6.45, 7) is 8.67. The maximum absolute atomic E-state index is 15.7. The maximum Gasteiger partial charge on any atom is 0.361 e. The molecule has 13 heteroatoms. The van der Waals surface area contributed by atoms with Crippen molar-refractivity contribution in [1.82, 2.24) is 25.2 Å². The van der Waals surface area contributed by atoms with Gasteiger partial charge in [0.15, 0.2) is 5.69 Å². The highest BCUT2D eigenvalue weighted by molar-refractivity contribution is 14.1. The Labute approximate surface area is 235 Å². The van der Waals surface area contributed by atoms with Crippen molar-refractivity contribution >= 4 is 40.5 Å². The second-order valence-electron chi connectivity index (χ2n) is 9.75. The number of aromatic nitrogens is 5. The number of nitrogens with zero attached hydrogens (tertiary/aromatic N) is 5. The molecule has 0 aliphatic heterocycles. The van der Waals surface area contributed by atoms with Crippen molar-refractivity contribution in [3.63, 3.8) is 0 Å². The first-order valence-electron chi connectivity index (χ1n) is 12.5. The lowest BCUT2D eigenvalue weighted by molar-refractivity contribution is -0.167. The maximum atomic E-state index is 15.7. The van der Waals surface area contributed by atoms with Gasteiger partial charge < -0.3 is 14.2 Å². The summed E-state index contributed by atoms with van der Waals surface area (Å²) in [4.78, 5) is 39.2. The molecule has 0 unspecified atom stereocenters. The molecule has 38 heavy (non-hydrogen) atoms. The number of rotatable bonds is 14. The predicted octanol–water partition coefficient (Wildman–Crippen LogP) is 3.98. The van der Waals surface area contributed by atoms with Crippen LogP contribution in [0.1, 0.15) is 82.9 Å². The van der Waals surface area contributed by atoms with Gasteiger partial charge in [-0.1, -0.05) is 31.9 Å². The van der Waals surface area contributed by atoms with Crippen molar-refractivity contribution in [2.24, 2.45) is 0 Å². The lowest BCUT2D eigenvalue weighted by atomic mass is 9.79. The van der Waals surface area contributed by atoms with E-state index in [4.69, 9.17) is 14.2 Å². The first-order chi connectivity index (χ1) is 17.9. The van der Waals surface area contributed by atoms with E-state index in [9.17, 15) is 14.4 Å². The van der Waals surface area contributed by atoms with E-state index in [1.807, 2.05) is 36.4 Å². The van der Waals surface area contributed by atoms with Crippen LogP contribution in [-0.4, -0.2) is 68.1 Å². The number of alkyl halides is 1. The van der Waals surface area contributed by atoms with Crippen LogP contribution >= 0.6 is 22.6 Å². The average molecular weight is 647 g/mol. The van der Waals surface area contributed by atoms with Gasteiger partial charge in [0.1, 0.15) is 15.5 Å². The van der Waals surface area contributed by atoms with Crippen LogP contribution in [0, 0.1) is 3.70 Å². The molecule has 210 valence electrons. The summed E-state index contributed by atoms with van der Waals surface area (Å²) in [5, 5.41) is 15.6. The molecule has 0 amide bonds. The molecule has 1 atom stereocenters. The van der Waals surface area contributed by atoms with E-state index in [0.717, 1.165) is 17.5 Å². The zero-order valence-electron chi connectivity index (χ0n) is 22.4. The van der Waals surface area contributed by atoms with Crippen LogP contribution in [0.25, 0.3) is 0 Å². The number of esters is 3. The first kappa shape index (κ1) is 31.5. The van der Waals surface area contributed by atoms with Crippen LogP contribution in [-0.2, 0) is 35.8 Å². The van der Waals surface area contributed by atoms with Gasteiger partial charge in [-0.15, -0.1) is 10.2 Å². The molecule has 0 bridgehead atoms. The molecule has 0 N–H and O–H groups in total. The Balaban J connectivity index is 2.38. The molecule has 0 fully saturated rings. The normalized spacial score (nSPS) is 12.6. The molecule has 11 nitrogen and oxygen atoms in total. The van der Waals surface area contributed by atoms with Gasteiger partial charge in [0.25, 0.3) is 0 Å². The Morgan fingerprint density at radius 2 is 1.61 bits per heavy atom. The molecular formula is C25H35FIN5O6. The van der Waals surface area contributed by atoms with Gasteiger partial charge in [0.2, 0.25) is 5.41 Å². The van der Waals surface area contributed by atoms with Crippen molar-refractivity contribution in [3.8, 4) is 0 Å². The van der Waals surface area contributed by atoms with Crippen molar-refractivity contribution in [3.05, 3.63) is 33.4 Å². The highest BCUT2D eigenvalue weighted by Gasteiger charge is 2.54. The van der Waals surface area contributed by atoms with Gasteiger partial charge in [0.05, 0.1) is 31.6 Å². The number of carbonyl (C=O) groups is 3. The largest absolute Gasteiger partial charge is 0.465 e. The number of ether oxygens (including phenoxy) is 3. The monoisotopic (exact) mass is 647 g/mol. The molecule has 2 aromatic rings. The van der Waals surface area contributed by atoms with Gasteiger partial charge in [-0.25, -0.2) is 13.9 Å². The summed E-state index contributed by atoms with van der Waals surface area (Å²) < 4.78 is 33.4. The minimum atomic E-state index is -2.19. The molecule has 2 rings (SSSR count). The quantitative estimate of drug-likeness (QED) is 0.0974. The summed E-state index contributed by atoms with van der Waals surface area (Å²) >= 11 is 1.93. The summed E-state index contributed by atoms with van der Waals surface area (Å²) in [6.07, 6.45) is 1.44. The molecule has 0 aromatic carbocycles. The zero-order valence-corrected chi connectivity index (χ0v) is 24.6. The van der Waals surface area contributed by atoms with Gasteiger partial charge in [-0.05, 0) is 68.3 Å². The lowest BCUT2D eigenvalue weighted by Crippen LogP contribution is -2.49. The van der Waals surface area contributed by atoms with Crippen molar-refractivity contribution in [2.75, 3.05) is 13.2 Å². The van der Waals surface area contributed by atoms with Gasteiger partial charge in [-0.3, -0.25) is 9.59 Å². The van der Waals surface area contributed by atoms with Crippen LogP contribution in [0.4, 0.5) is 4.39 Å². The van der Waals surface area contributed by atoms with Crippen LogP contribution < -0.4 is 0 Å². The fourth-order valence-electron chi connectivity index (χ4n) is 3.38. The smallest absolute Gasteiger partial charge is 0.361 e. The molecule has 0 spiro atoms. The SMILES string of the molecule is CCCCOC(=O)C(C[C@@H](F)Cn1cc(C(=O)OC(C)(C)C)nn1)(C(=O)OCCCC)c1ccc(I)nn1. The standard InChI is InChI=1S/C25H35FIN5O6/c1-6-8-12-36-22(34)25(23(35)37-13-9-7-2,19-10-11-20(27)30-29-19)14-17(26)15-32-16-18(28-31-32)21(33)38-24(3,4)5/h10-11,16-17H,6-9,12-15H2,1-5H3/t17-/m1/s1. The van der Waals surface area contributed by atoms with Crippen LogP contribution in [0.2, 0.25) is 0 Å². The number of hydrogen-bond donors (Lipinski definition) is 0. The molecule has 0 aliphatic rings. The topological polar surface area (TPSA) is 135 Å². The van der Waals surface area contributed by atoms with Crippen LogP contribution in [0.15, 0.2) is 18.3 Å². The van der Waals surface area contributed by atoms with E-state index in [-0.39, 0.29) is 24.6 Å². The third kappa shape index (κ3) is 8.95. The molecule has 2 heterocycles. The summed E-state index contributed by atoms with van der Waals surface area (Å²) in [7, 11) is 0. The van der Waals surface area contributed by atoms with E-state index in [2.05, 4.69) is 20.5 Å². The summed E-state index contributed by atoms with van der Waals surface area (Å²) in [5.74, 6) is -2.63. The highest BCUT2D eigenvalue weighted by Crippen LogP contribution is 2.33. The predicted molar refractivity (Wildman–Crippen MR) is 143 cm³/mol. The molecule has 0 aliphatic carbocycles. The van der Waals surface area contributed by atoms with E-state index >= 15 is 4.39 Å². The second-order valence-corrected chi connectivity index (χ2v) is 10.9. The number of halogens is 2. The molecule has 2 aromatic heterocycles. The molecular weight excluding hydrogens is 612 g/mol. The Kier molecular flexibility index (Phi) is 12.0. The van der Waals surface area contributed by atoms with Crippen molar-refractivity contribution in [2.45, 2.75) is 90.5 Å². The van der Waals surface area contributed by atoms with Gasteiger partial charge in [-0.2, -0.15) is 5.10 Å². The van der Waals surface area contributed by atoms with E-state index in [1.54, 1.807) is 26.8 Å². The fourth-order valence-corrected chi connectivity index (χ4v) is 3.67. The number of unbranched alkanes of at least 4 members (excludes halogenated alkanes) is 2. The van der Waals surface area contributed by atoms with Crippen molar-refractivity contribution in [1.29, 1.82) is 0 Å². The molecule has 0 saturated heterocycles.